The minimum atomic E-state index is -5.08. The van der Waals surface area contributed by atoms with E-state index in [1.54, 1.807) is 0 Å². The molecule has 0 radical (unpaired) electrons. The van der Waals surface area contributed by atoms with Crippen LogP contribution in [0.5, 0.6) is 0 Å². The average Bonchev–Trinajstić information content (AvgIpc) is 3.44. The van der Waals surface area contributed by atoms with E-state index in [2.05, 4.69) is 20.3 Å². The van der Waals surface area contributed by atoms with Gasteiger partial charge in [-0.05, 0) is 24.7 Å². The molecule has 0 unspecified atom stereocenters. The molecular weight excluding hydrogens is 545 g/mol. The van der Waals surface area contributed by atoms with Crippen molar-refractivity contribution < 1.29 is 53.0 Å². The van der Waals surface area contributed by atoms with E-state index in [9.17, 15) is 33.3 Å². The predicted octanol–water partition coefficient (Wildman–Crippen LogP) is 1.13. The molecule has 3 heterocycles. The van der Waals surface area contributed by atoms with Crippen molar-refractivity contribution in [3.05, 3.63) is 6.33 Å². The summed E-state index contributed by atoms with van der Waals surface area (Å²) < 4.78 is 38.8. The summed E-state index contributed by atoms with van der Waals surface area (Å²) in [4.78, 5) is 32.6. The number of aliphatic hydroxyl groups is 3. The molecule has 1 aliphatic heterocycles. The standard InChI is InChI=1S/C21H32N6O6.C2HF3O2/c22-18-15-19(27(10-24-15)20-17(32)16(31)13(9-28)33-20)26-21(25-18)23-8-7-12-3-1-11(2-4-12)5-6-14(29)30;3-2(4,5)1(6)7/h10-13,16-17,20,28,31-32H,1-9H2,(H,29,30)(H3,22,23,25,26);(H,6,7)/t11?,12?,13-,16-,17-,20-;/m1./s1. The lowest BCUT2D eigenvalue weighted by Crippen LogP contribution is -2.33. The summed E-state index contributed by atoms with van der Waals surface area (Å²) >= 11 is 0. The van der Waals surface area contributed by atoms with Gasteiger partial charge in [0.2, 0.25) is 5.95 Å². The minimum absolute atomic E-state index is 0.187. The molecule has 0 spiro atoms. The van der Waals surface area contributed by atoms with Gasteiger partial charge in [-0.3, -0.25) is 9.36 Å². The predicted molar refractivity (Wildman–Crippen MR) is 132 cm³/mol. The van der Waals surface area contributed by atoms with Crippen LogP contribution in [0.3, 0.4) is 0 Å². The Hall–Kier alpha value is -3.28. The van der Waals surface area contributed by atoms with Gasteiger partial charge in [-0.15, -0.1) is 0 Å². The highest BCUT2D eigenvalue weighted by Crippen LogP contribution is 2.34. The summed E-state index contributed by atoms with van der Waals surface area (Å²) in [5, 5.41) is 48.9. The van der Waals surface area contributed by atoms with Crippen LogP contribution in [-0.4, -0.2) is 94.6 Å². The molecule has 1 aliphatic carbocycles. The summed E-state index contributed by atoms with van der Waals surface area (Å²) in [5.74, 6) is -1.88. The third-order valence-corrected chi connectivity index (χ3v) is 7.05. The van der Waals surface area contributed by atoms with Crippen molar-refractivity contribution >= 4 is 34.9 Å². The van der Waals surface area contributed by atoms with E-state index in [4.69, 9.17) is 25.5 Å². The Kier molecular flexibility index (Phi) is 10.5. The highest BCUT2D eigenvalue weighted by molar-refractivity contribution is 5.83. The second kappa shape index (κ2) is 13.4. The fraction of sp³-hybridized carbons (Fsp3) is 0.696. The molecule has 0 bridgehead atoms. The van der Waals surface area contributed by atoms with Crippen LogP contribution in [0.25, 0.3) is 11.2 Å². The van der Waals surface area contributed by atoms with Crippen molar-refractivity contribution in [3.8, 4) is 0 Å². The fourth-order valence-corrected chi connectivity index (χ4v) is 4.84. The Morgan fingerprint density at radius 3 is 2.20 bits per heavy atom. The normalized spacial score (nSPS) is 26.8. The number of aliphatic hydroxyl groups excluding tert-OH is 3. The van der Waals surface area contributed by atoms with Crippen LogP contribution in [0.4, 0.5) is 24.9 Å². The van der Waals surface area contributed by atoms with E-state index in [0.717, 1.165) is 38.5 Å². The van der Waals surface area contributed by atoms with Gasteiger partial charge in [-0.1, -0.05) is 25.7 Å². The van der Waals surface area contributed by atoms with Crippen molar-refractivity contribution in [3.63, 3.8) is 0 Å². The maximum atomic E-state index is 10.8. The fourth-order valence-electron chi connectivity index (χ4n) is 4.84. The lowest BCUT2D eigenvalue weighted by atomic mass is 9.79. The number of fused-ring (bicyclic) bond motifs is 1. The summed E-state index contributed by atoms with van der Waals surface area (Å²) in [5.41, 5.74) is 6.78. The highest BCUT2D eigenvalue weighted by atomic mass is 19.4. The number of imidazole rings is 1. The number of alkyl halides is 3. The molecule has 2 fully saturated rings. The van der Waals surface area contributed by atoms with Crippen LogP contribution in [-0.2, 0) is 14.3 Å². The van der Waals surface area contributed by atoms with Crippen LogP contribution in [0.15, 0.2) is 6.33 Å². The molecule has 17 heteroatoms. The molecule has 8 N–H and O–H groups in total. The molecule has 224 valence electrons. The Morgan fingerprint density at radius 1 is 1.07 bits per heavy atom. The number of ether oxygens (including phenoxy) is 1. The SMILES string of the molecule is Nc1nc(NCCC2CCC(CCC(=O)O)CC2)nc2c1ncn2[C@@H]1O[C@H](CO)[C@@H](O)[C@H]1O.O=C(O)C(F)(F)F. The first-order chi connectivity index (χ1) is 18.8. The Morgan fingerprint density at radius 2 is 1.68 bits per heavy atom. The van der Waals surface area contributed by atoms with Crippen molar-refractivity contribution in [2.24, 2.45) is 11.8 Å². The number of nitrogens with two attached hydrogens (primary N) is 1. The largest absolute Gasteiger partial charge is 0.490 e. The number of nitrogen functional groups attached to an aromatic ring is 1. The van der Waals surface area contributed by atoms with E-state index >= 15 is 0 Å². The molecule has 4 atom stereocenters. The molecule has 4 rings (SSSR count). The molecule has 2 aromatic rings. The van der Waals surface area contributed by atoms with Crippen LogP contribution < -0.4 is 11.1 Å². The van der Waals surface area contributed by atoms with Gasteiger partial charge < -0.3 is 41.3 Å². The molecule has 1 saturated heterocycles. The number of carboxylic acid groups (broad SMARTS) is 2. The molecule has 0 amide bonds. The molecule has 14 nitrogen and oxygen atoms in total. The van der Waals surface area contributed by atoms with E-state index in [1.165, 1.54) is 10.9 Å². The molecule has 2 aromatic heterocycles. The quantitative estimate of drug-likeness (QED) is 0.222. The zero-order valence-corrected chi connectivity index (χ0v) is 21.4. The van der Waals surface area contributed by atoms with E-state index < -0.39 is 49.3 Å². The molecule has 40 heavy (non-hydrogen) atoms. The maximum absolute atomic E-state index is 10.8. The number of halogens is 3. The van der Waals surface area contributed by atoms with Gasteiger partial charge in [0.1, 0.15) is 23.8 Å². The maximum Gasteiger partial charge on any atom is 0.490 e. The monoisotopic (exact) mass is 578 g/mol. The van der Waals surface area contributed by atoms with Gasteiger partial charge >= 0.3 is 18.1 Å². The van der Waals surface area contributed by atoms with E-state index in [-0.39, 0.29) is 12.2 Å². The number of nitrogens with one attached hydrogen (secondary N) is 1. The Labute approximate surface area is 226 Å². The van der Waals surface area contributed by atoms with Gasteiger partial charge in [-0.2, -0.15) is 23.1 Å². The zero-order valence-electron chi connectivity index (χ0n) is 21.4. The van der Waals surface area contributed by atoms with Crippen LogP contribution in [0.2, 0.25) is 0 Å². The second-order valence-corrected chi connectivity index (χ2v) is 9.82. The topological polar surface area (TPSA) is 226 Å². The second-order valence-electron chi connectivity index (χ2n) is 9.82. The van der Waals surface area contributed by atoms with Crippen molar-refractivity contribution in [1.82, 2.24) is 19.5 Å². The molecular formula is C23H33F3N6O8. The number of anilines is 2. The first-order valence-electron chi connectivity index (χ1n) is 12.7. The van der Waals surface area contributed by atoms with Crippen molar-refractivity contribution in [2.75, 3.05) is 24.2 Å². The lowest BCUT2D eigenvalue weighted by molar-refractivity contribution is -0.192. The number of hydrogen-bond acceptors (Lipinski definition) is 11. The third-order valence-electron chi connectivity index (χ3n) is 7.05. The number of rotatable bonds is 9. The lowest BCUT2D eigenvalue weighted by Gasteiger charge is -2.28. The van der Waals surface area contributed by atoms with E-state index in [0.29, 0.717) is 35.5 Å². The molecule has 2 aliphatic rings. The van der Waals surface area contributed by atoms with Crippen LogP contribution >= 0.6 is 0 Å². The molecule has 0 aromatic carbocycles. The number of hydrogen-bond donors (Lipinski definition) is 7. The van der Waals surface area contributed by atoms with E-state index in [1.807, 2.05) is 0 Å². The number of aliphatic carboxylic acids is 2. The minimum Gasteiger partial charge on any atom is -0.481 e. The molecule has 1 saturated carbocycles. The summed E-state index contributed by atoms with van der Waals surface area (Å²) in [7, 11) is 0. The van der Waals surface area contributed by atoms with Gasteiger partial charge in [-0.25, -0.2) is 9.78 Å². The van der Waals surface area contributed by atoms with Gasteiger partial charge in [0.25, 0.3) is 0 Å². The number of carbonyl (C=O) groups is 2. The highest BCUT2D eigenvalue weighted by Gasteiger charge is 2.44. The first-order valence-corrected chi connectivity index (χ1v) is 12.7. The number of nitrogens with zero attached hydrogens (tertiary/aromatic N) is 4. The summed E-state index contributed by atoms with van der Waals surface area (Å²) in [6.45, 7) is 0.240. The zero-order chi connectivity index (χ0) is 29.6. The summed E-state index contributed by atoms with van der Waals surface area (Å²) in [6.07, 6.45) is -1.74. The summed E-state index contributed by atoms with van der Waals surface area (Å²) in [6, 6.07) is 0. The smallest absolute Gasteiger partial charge is 0.481 e. The third kappa shape index (κ3) is 7.89. The van der Waals surface area contributed by atoms with Crippen LogP contribution in [0.1, 0.15) is 51.2 Å². The van der Waals surface area contributed by atoms with Crippen molar-refractivity contribution in [2.45, 2.75) is 75.7 Å². The number of carboxylic acids is 2. The van der Waals surface area contributed by atoms with Crippen LogP contribution in [0, 0.1) is 11.8 Å². The van der Waals surface area contributed by atoms with Gasteiger partial charge in [0.15, 0.2) is 17.7 Å². The number of aromatic nitrogens is 4. The Bertz CT molecular complexity index is 1160. The van der Waals surface area contributed by atoms with Gasteiger partial charge in [0, 0.05) is 13.0 Å². The Balaban J connectivity index is 0.000000559. The average molecular weight is 579 g/mol. The first kappa shape index (κ1) is 31.3. The van der Waals surface area contributed by atoms with Crippen molar-refractivity contribution in [1.29, 1.82) is 0 Å². The van der Waals surface area contributed by atoms with Gasteiger partial charge in [0.05, 0.1) is 12.9 Å².